The van der Waals surface area contributed by atoms with E-state index in [9.17, 15) is 13.2 Å². The number of nitrogens with two attached hydrogens (primary N) is 2. The molecule has 0 aliphatic rings. The smallest absolute Gasteiger partial charge is 0.238 e. The molecule has 0 saturated heterocycles. The van der Waals surface area contributed by atoms with Crippen LogP contribution in [0.4, 0.5) is 0 Å². The molecule has 1 atom stereocenters. The summed E-state index contributed by atoms with van der Waals surface area (Å²) in [6, 6.07) is 5.74. The van der Waals surface area contributed by atoms with Gasteiger partial charge in [0.15, 0.2) is 0 Å². The highest BCUT2D eigenvalue weighted by Crippen LogP contribution is 2.09. The molecule has 6 nitrogen and oxygen atoms in total. The topological polar surface area (TPSA) is 115 Å². The number of halogens is 1. The van der Waals surface area contributed by atoms with Crippen molar-refractivity contribution in [3.8, 4) is 0 Å². The zero-order valence-electron chi connectivity index (χ0n) is 12.1. The molecule has 1 amide bonds. The molecule has 0 bridgehead atoms. The van der Waals surface area contributed by atoms with E-state index >= 15 is 0 Å². The molecule has 0 heterocycles. The second-order valence-corrected chi connectivity index (χ2v) is 6.56. The van der Waals surface area contributed by atoms with E-state index in [0.29, 0.717) is 13.0 Å². The minimum atomic E-state index is -3.66. The molecule has 0 saturated carbocycles. The molecule has 0 aliphatic heterocycles. The fourth-order valence-electron chi connectivity index (χ4n) is 1.60. The average Bonchev–Trinajstić information content (AvgIpc) is 2.37. The lowest BCUT2D eigenvalue weighted by Gasteiger charge is -2.15. The van der Waals surface area contributed by atoms with Crippen LogP contribution in [0.2, 0.25) is 0 Å². The number of carbonyl (C=O) groups is 1. The van der Waals surface area contributed by atoms with Crippen LogP contribution in [0.15, 0.2) is 29.2 Å². The van der Waals surface area contributed by atoms with Gasteiger partial charge >= 0.3 is 0 Å². The Morgan fingerprint density at radius 3 is 2.19 bits per heavy atom. The van der Waals surface area contributed by atoms with Crippen LogP contribution in [0.25, 0.3) is 0 Å². The van der Waals surface area contributed by atoms with Crippen molar-refractivity contribution in [3.05, 3.63) is 29.8 Å². The van der Waals surface area contributed by atoms with E-state index < -0.39 is 16.1 Å². The summed E-state index contributed by atoms with van der Waals surface area (Å²) >= 11 is 0. The summed E-state index contributed by atoms with van der Waals surface area (Å²) in [5.41, 5.74) is 6.63. The molecule has 1 aromatic carbocycles. The van der Waals surface area contributed by atoms with Gasteiger partial charge in [-0.15, -0.1) is 12.4 Å². The van der Waals surface area contributed by atoms with Gasteiger partial charge in [0.05, 0.1) is 10.9 Å². The van der Waals surface area contributed by atoms with E-state index in [0.717, 1.165) is 5.56 Å². The Kier molecular flexibility index (Phi) is 7.87. The first-order valence-electron chi connectivity index (χ1n) is 6.37. The van der Waals surface area contributed by atoms with Gasteiger partial charge in [-0.1, -0.05) is 26.0 Å². The van der Waals surface area contributed by atoms with E-state index in [2.05, 4.69) is 5.32 Å². The Morgan fingerprint density at radius 1 is 1.24 bits per heavy atom. The molecule has 5 N–H and O–H groups in total. The molecule has 1 rings (SSSR count). The van der Waals surface area contributed by atoms with Gasteiger partial charge in [0.25, 0.3) is 0 Å². The lowest BCUT2D eigenvalue weighted by Crippen LogP contribution is -2.44. The Hall–Kier alpha value is -1.15. The number of primary sulfonamides is 1. The zero-order chi connectivity index (χ0) is 15.3. The normalized spacial score (nSPS) is 12.6. The number of carbonyl (C=O) groups excluding carboxylic acids is 1. The fourth-order valence-corrected chi connectivity index (χ4v) is 2.11. The molecular formula is C13H22ClN3O3S. The second kappa shape index (κ2) is 8.33. The molecule has 8 heteroatoms. The van der Waals surface area contributed by atoms with Gasteiger partial charge in [-0.25, -0.2) is 13.6 Å². The molecule has 0 fully saturated rings. The first kappa shape index (κ1) is 19.9. The molecule has 0 aromatic heterocycles. The maximum Gasteiger partial charge on any atom is 0.238 e. The number of hydrogen-bond acceptors (Lipinski definition) is 4. The molecule has 120 valence electrons. The van der Waals surface area contributed by atoms with Crippen LogP contribution >= 0.6 is 12.4 Å². The van der Waals surface area contributed by atoms with Crippen LogP contribution in [0, 0.1) is 5.92 Å². The van der Waals surface area contributed by atoms with E-state index in [1.165, 1.54) is 12.1 Å². The summed E-state index contributed by atoms with van der Waals surface area (Å²) in [5.74, 6) is -0.0924. The maximum atomic E-state index is 11.6. The highest BCUT2D eigenvalue weighted by atomic mass is 35.5. The highest BCUT2D eigenvalue weighted by Gasteiger charge is 2.16. The third kappa shape index (κ3) is 6.43. The third-order valence-electron chi connectivity index (χ3n) is 2.99. The molecular weight excluding hydrogens is 314 g/mol. The first-order valence-corrected chi connectivity index (χ1v) is 7.91. The predicted molar refractivity (Wildman–Crippen MR) is 84.6 cm³/mol. The van der Waals surface area contributed by atoms with Gasteiger partial charge in [0, 0.05) is 6.54 Å². The maximum absolute atomic E-state index is 11.6. The largest absolute Gasteiger partial charge is 0.354 e. The van der Waals surface area contributed by atoms with Crippen molar-refractivity contribution in [2.45, 2.75) is 31.2 Å². The number of nitrogens with one attached hydrogen (secondary N) is 1. The van der Waals surface area contributed by atoms with Crippen molar-refractivity contribution >= 4 is 28.3 Å². The second-order valence-electron chi connectivity index (χ2n) is 5.00. The molecule has 0 spiro atoms. The van der Waals surface area contributed by atoms with Gasteiger partial charge in [-0.2, -0.15) is 0 Å². The summed E-state index contributed by atoms with van der Waals surface area (Å²) in [6.45, 7) is 4.22. The first-order chi connectivity index (χ1) is 9.21. The summed E-state index contributed by atoms with van der Waals surface area (Å²) in [7, 11) is -3.66. The number of benzene rings is 1. The summed E-state index contributed by atoms with van der Waals surface area (Å²) in [6.07, 6.45) is 0.599. The van der Waals surface area contributed by atoms with E-state index in [1.54, 1.807) is 12.1 Å². The average molecular weight is 336 g/mol. The van der Waals surface area contributed by atoms with Gasteiger partial charge in [-0.3, -0.25) is 4.79 Å². The van der Waals surface area contributed by atoms with Crippen LogP contribution in [0.3, 0.4) is 0 Å². The van der Waals surface area contributed by atoms with Crippen molar-refractivity contribution in [2.75, 3.05) is 6.54 Å². The van der Waals surface area contributed by atoms with Crippen molar-refractivity contribution in [1.29, 1.82) is 0 Å². The third-order valence-corrected chi connectivity index (χ3v) is 3.92. The Balaban J connectivity index is 0.00000400. The minimum Gasteiger partial charge on any atom is -0.354 e. The van der Waals surface area contributed by atoms with Crippen molar-refractivity contribution in [2.24, 2.45) is 16.8 Å². The van der Waals surface area contributed by atoms with E-state index in [4.69, 9.17) is 10.9 Å². The monoisotopic (exact) mass is 335 g/mol. The van der Waals surface area contributed by atoms with Gasteiger partial charge in [0.1, 0.15) is 0 Å². The number of amides is 1. The van der Waals surface area contributed by atoms with Crippen molar-refractivity contribution in [1.82, 2.24) is 5.32 Å². The Bertz CT molecular complexity index is 559. The van der Waals surface area contributed by atoms with Crippen LogP contribution in [0.5, 0.6) is 0 Å². The minimum absolute atomic E-state index is 0. The zero-order valence-corrected chi connectivity index (χ0v) is 13.7. The molecule has 0 aliphatic carbocycles. The molecule has 21 heavy (non-hydrogen) atoms. The van der Waals surface area contributed by atoms with E-state index in [-0.39, 0.29) is 29.1 Å². The van der Waals surface area contributed by atoms with Gasteiger partial charge < -0.3 is 11.1 Å². The van der Waals surface area contributed by atoms with Crippen LogP contribution < -0.4 is 16.2 Å². The van der Waals surface area contributed by atoms with Gasteiger partial charge in [-0.05, 0) is 30.0 Å². The molecule has 1 aromatic rings. The Labute approximate surface area is 131 Å². The standard InChI is InChI=1S/C13H21N3O3S.ClH/c1-9(2)12(14)13(17)16-8-7-10-3-5-11(6-4-10)20(15,18)19;/h3-6,9,12H,7-8,14H2,1-2H3,(H,16,17)(H2,15,18,19);1H. The molecule has 1 unspecified atom stereocenters. The molecule has 0 radical (unpaired) electrons. The lowest BCUT2D eigenvalue weighted by atomic mass is 10.0. The van der Waals surface area contributed by atoms with E-state index in [1.807, 2.05) is 13.8 Å². The fraction of sp³-hybridized carbons (Fsp3) is 0.462. The van der Waals surface area contributed by atoms with Gasteiger partial charge in [0.2, 0.25) is 15.9 Å². The van der Waals surface area contributed by atoms with Crippen LogP contribution in [-0.4, -0.2) is 26.9 Å². The number of sulfonamides is 1. The lowest BCUT2D eigenvalue weighted by molar-refractivity contribution is -0.123. The predicted octanol–water partition coefficient (Wildman–Crippen LogP) is 0.398. The number of hydrogen-bond donors (Lipinski definition) is 3. The van der Waals surface area contributed by atoms with Crippen LogP contribution in [-0.2, 0) is 21.2 Å². The van der Waals surface area contributed by atoms with Crippen LogP contribution in [0.1, 0.15) is 19.4 Å². The summed E-state index contributed by atoms with van der Waals surface area (Å²) < 4.78 is 22.2. The highest BCUT2D eigenvalue weighted by molar-refractivity contribution is 7.89. The summed E-state index contributed by atoms with van der Waals surface area (Å²) in [4.78, 5) is 11.7. The Morgan fingerprint density at radius 2 is 1.76 bits per heavy atom. The number of rotatable bonds is 6. The van der Waals surface area contributed by atoms with Crippen molar-refractivity contribution in [3.63, 3.8) is 0 Å². The SMILES string of the molecule is CC(C)C(N)C(=O)NCCc1ccc(S(N)(=O)=O)cc1.Cl. The summed E-state index contributed by atoms with van der Waals surface area (Å²) in [5, 5.41) is 7.76. The van der Waals surface area contributed by atoms with Crippen molar-refractivity contribution < 1.29 is 13.2 Å². The quantitative estimate of drug-likeness (QED) is 0.697.